The fourth-order valence-corrected chi connectivity index (χ4v) is 6.24. The molecule has 2 amide bonds. The number of likely N-dealkylation sites (tertiary alicyclic amines) is 1. The Morgan fingerprint density at radius 3 is 2.78 bits per heavy atom. The molecule has 0 radical (unpaired) electrons. The number of aryl methyl sites for hydroxylation is 1. The van der Waals surface area contributed by atoms with E-state index >= 15 is 0 Å². The minimum atomic E-state index is -0.326. The molecule has 0 saturated carbocycles. The van der Waals surface area contributed by atoms with E-state index in [1.807, 2.05) is 23.1 Å². The second-order valence-corrected chi connectivity index (χ2v) is 10.3. The van der Waals surface area contributed by atoms with Crippen molar-refractivity contribution in [3.8, 4) is 0 Å². The lowest BCUT2D eigenvalue weighted by molar-refractivity contribution is -0.132. The zero-order chi connectivity index (χ0) is 22.1. The molecule has 32 heavy (non-hydrogen) atoms. The molecule has 0 aliphatic carbocycles. The second kappa shape index (κ2) is 8.66. The monoisotopic (exact) mass is 447 g/mol. The van der Waals surface area contributed by atoms with Crippen molar-refractivity contribution in [2.45, 2.75) is 63.5 Å². The number of nitrogens with one attached hydrogen (secondary N) is 1. The number of carbonyl (C=O) groups is 2. The van der Waals surface area contributed by atoms with Gasteiger partial charge in [-0.15, -0.1) is 11.3 Å². The summed E-state index contributed by atoms with van der Waals surface area (Å²) in [5.41, 5.74) is 3.12. The van der Waals surface area contributed by atoms with E-state index in [4.69, 9.17) is 4.98 Å². The summed E-state index contributed by atoms with van der Waals surface area (Å²) in [5.74, 6) is 0.272. The van der Waals surface area contributed by atoms with Crippen LogP contribution in [0.25, 0.3) is 10.2 Å². The number of benzene rings is 2. The van der Waals surface area contributed by atoms with Crippen LogP contribution in [0.15, 0.2) is 48.5 Å². The summed E-state index contributed by atoms with van der Waals surface area (Å²) < 4.78 is 1.17. The SMILES string of the molecule is Cc1ccc(C[C@]2(CCC(=O)N3CCC[C@H]3c3nc4ccccc4s3)CCC(=O)N2)cc1. The standard InChI is InChI=1S/C26H29N3O2S/c1-18-8-10-19(11-9-18)17-26(14-12-23(30)28-26)15-13-24(31)29-16-4-6-21(29)25-27-20-5-2-3-7-22(20)32-25/h2-3,5,7-11,21H,4,6,12-17H2,1H3,(H,28,30)/t21-,26+/m0/s1. The summed E-state index contributed by atoms with van der Waals surface area (Å²) in [6.07, 6.45) is 5.20. The van der Waals surface area contributed by atoms with Gasteiger partial charge in [-0.25, -0.2) is 4.98 Å². The Labute approximate surface area is 192 Å². The minimum Gasteiger partial charge on any atom is -0.350 e. The fourth-order valence-electron chi connectivity index (χ4n) is 5.12. The molecule has 6 heteroatoms. The van der Waals surface area contributed by atoms with Gasteiger partial charge < -0.3 is 10.2 Å². The molecule has 2 aliphatic heterocycles. The number of thiazole rings is 1. The molecule has 1 aromatic heterocycles. The molecule has 2 saturated heterocycles. The van der Waals surface area contributed by atoms with Crippen LogP contribution in [0.3, 0.4) is 0 Å². The summed E-state index contributed by atoms with van der Waals surface area (Å²) in [5, 5.41) is 4.26. The Kier molecular flexibility index (Phi) is 5.72. The number of amides is 2. The van der Waals surface area contributed by atoms with Gasteiger partial charge in [-0.1, -0.05) is 42.0 Å². The van der Waals surface area contributed by atoms with Crippen molar-refractivity contribution in [2.75, 3.05) is 6.54 Å². The highest BCUT2D eigenvalue weighted by Gasteiger charge is 2.39. The van der Waals surface area contributed by atoms with Crippen LogP contribution in [-0.4, -0.2) is 33.8 Å². The third-order valence-corrected chi connectivity index (χ3v) is 8.02. The van der Waals surface area contributed by atoms with E-state index in [-0.39, 0.29) is 23.4 Å². The zero-order valence-corrected chi connectivity index (χ0v) is 19.3. The van der Waals surface area contributed by atoms with Crippen LogP contribution in [0.2, 0.25) is 0 Å². The first kappa shape index (κ1) is 21.1. The van der Waals surface area contributed by atoms with Gasteiger partial charge in [-0.2, -0.15) is 0 Å². The molecule has 2 aromatic carbocycles. The van der Waals surface area contributed by atoms with Crippen LogP contribution in [0, 0.1) is 6.92 Å². The Balaban J connectivity index is 1.29. The number of para-hydroxylation sites is 1. The van der Waals surface area contributed by atoms with E-state index in [9.17, 15) is 9.59 Å². The maximum atomic E-state index is 13.3. The Morgan fingerprint density at radius 2 is 2.03 bits per heavy atom. The molecular weight excluding hydrogens is 418 g/mol. The van der Waals surface area contributed by atoms with Gasteiger partial charge in [0.1, 0.15) is 5.01 Å². The summed E-state index contributed by atoms with van der Waals surface area (Å²) >= 11 is 1.70. The molecule has 0 bridgehead atoms. The number of hydrogen-bond donors (Lipinski definition) is 1. The lowest BCUT2D eigenvalue weighted by Crippen LogP contribution is -2.44. The van der Waals surface area contributed by atoms with Gasteiger partial charge in [0.05, 0.1) is 16.3 Å². The Morgan fingerprint density at radius 1 is 1.22 bits per heavy atom. The predicted octanol–water partition coefficient (Wildman–Crippen LogP) is 4.94. The highest BCUT2D eigenvalue weighted by Crippen LogP contribution is 2.38. The van der Waals surface area contributed by atoms with Gasteiger partial charge in [0, 0.05) is 24.9 Å². The van der Waals surface area contributed by atoms with Crippen LogP contribution in [0.4, 0.5) is 0 Å². The van der Waals surface area contributed by atoms with Crippen molar-refractivity contribution in [1.82, 2.24) is 15.2 Å². The molecule has 3 heterocycles. The molecular formula is C26H29N3O2S. The topological polar surface area (TPSA) is 62.3 Å². The third kappa shape index (κ3) is 4.29. The molecule has 3 aromatic rings. The molecule has 0 unspecified atom stereocenters. The largest absolute Gasteiger partial charge is 0.350 e. The first-order chi connectivity index (χ1) is 15.5. The summed E-state index contributed by atoms with van der Waals surface area (Å²) in [4.78, 5) is 32.3. The van der Waals surface area contributed by atoms with E-state index in [1.165, 1.54) is 15.8 Å². The molecule has 2 aliphatic rings. The highest BCUT2D eigenvalue weighted by molar-refractivity contribution is 7.18. The van der Waals surface area contributed by atoms with E-state index in [2.05, 4.69) is 42.6 Å². The van der Waals surface area contributed by atoms with Gasteiger partial charge in [-0.05, 0) is 56.7 Å². The first-order valence-corrected chi connectivity index (χ1v) is 12.3. The average Bonchev–Trinajstić information content (AvgIpc) is 3.52. The normalized spacial score (nSPS) is 23.1. The molecule has 166 valence electrons. The van der Waals surface area contributed by atoms with Crippen molar-refractivity contribution in [3.05, 3.63) is 64.7 Å². The van der Waals surface area contributed by atoms with Crippen molar-refractivity contribution in [3.63, 3.8) is 0 Å². The van der Waals surface area contributed by atoms with Crippen LogP contribution in [0.1, 0.15) is 60.7 Å². The van der Waals surface area contributed by atoms with Crippen LogP contribution in [-0.2, 0) is 16.0 Å². The number of rotatable bonds is 6. The van der Waals surface area contributed by atoms with Crippen molar-refractivity contribution in [2.24, 2.45) is 0 Å². The van der Waals surface area contributed by atoms with Crippen LogP contribution in [0.5, 0.6) is 0 Å². The molecule has 2 atom stereocenters. The number of hydrogen-bond acceptors (Lipinski definition) is 4. The number of fused-ring (bicyclic) bond motifs is 1. The summed E-state index contributed by atoms with van der Waals surface area (Å²) in [7, 11) is 0. The van der Waals surface area contributed by atoms with Gasteiger partial charge in [0.25, 0.3) is 0 Å². The molecule has 0 spiro atoms. The lowest BCUT2D eigenvalue weighted by atomic mass is 9.84. The maximum absolute atomic E-state index is 13.3. The van der Waals surface area contributed by atoms with E-state index in [0.29, 0.717) is 19.3 Å². The Bertz CT molecular complexity index is 1110. The minimum absolute atomic E-state index is 0.0751. The third-order valence-electron chi connectivity index (χ3n) is 6.88. The molecule has 5 rings (SSSR count). The summed E-state index contributed by atoms with van der Waals surface area (Å²) in [6.45, 7) is 2.87. The lowest BCUT2D eigenvalue weighted by Gasteiger charge is -2.31. The van der Waals surface area contributed by atoms with Crippen molar-refractivity contribution in [1.29, 1.82) is 0 Å². The molecule has 2 fully saturated rings. The van der Waals surface area contributed by atoms with E-state index in [1.54, 1.807) is 11.3 Å². The number of carbonyl (C=O) groups excluding carboxylic acids is 2. The van der Waals surface area contributed by atoms with Crippen molar-refractivity contribution >= 4 is 33.4 Å². The number of aromatic nitrogens is 1. The van der Waals surface area contributed by atoms with Gasteiger partial charge in [0.15, 0.2) is 0 Å². The summed E-state index contributed by atoms with van der Waals surface area (Å²) in [6, 6.07) is 16.7. The average molecular weight is 448 g/mol. The quantitative estimate of drug-likeness (QED) is 0.582. The van der Waals surface area contributed by atoms with E-state index in [0.717, 1.165) is 42.8 Å². The fraction of sp³-hybridized carbons (Fsp3) is 0.423. The second-order valence-electron chi connectivity index (χ2n) is 9.26. The van der Waals surface area contributed by atoms with Gasteiger partial charge in [-0.3, -0.25) is 9.59 Å². The van der Waals surface area contributed by atoms with Crippen molar-refractivity contribution < 1.29 is 9.59 Å². The molecule has 1 N–H and O–H groups in total. The number of nitrogens with zero attached hydrogens (tertiary/aromatic N) is 2. The van der Waals surface area contributed by atoms with Gasteiger partial charge in [0.2, 0.25) is 11.8 Å². The first-order valence-electron chi connectivity index (χ1n) is 11.5. The smallest absolute Gasteiger partial charge is 0.223 e. The predicted molar refractivity (Wildman–Crippen MR) is 128 cm³/mol. The maximum Gasteiger partial charge on any atom is 0.223 e. The zero-order valence-electron chi connectivity index (χ0n) is 18.5. The van der Waals surface area contributed by atoms with E-state index < -0.39 is 0 Å². The molecule has 5 nitrogen and oxygen atoms in total. The highest BCUT2D eigenvalue weighted by atomic mass is 32.1. The van der Waals surface area contributed by atoms with Crippen LogP contribution >= 0.6 is 11.3 Å². The Hall–Kier alpha value is -2.73. The van der Waals surface area contributed by atoms with Crippen LogP contribution < -0.4 is 5.32 Å². The van der Waals surface area contributed by atoms with Gasteiger partial charge >= 0.3 is 0 Å².